The Hall–Kier alpha value is -1.14. The van der Waals surface area contributed by atoms with E-state index >= 15 is 0 Å². The number of morpholine rings is 1. The minimum absolute atomic E-state index is 0.114. The van der Waals surface area contributed by atoms with Gasteiger partial charge in [0.2, 0.25) is 5.95 Å². The third-order valence-corrected chi connectivity index (χ3v) is 2.05. The molecule has 1 saturated heterocycles. The van der Waals surface area contributed by atoms with Gasteiger partial charge in [-0.25, -0.2) is 4.68 Å². The average Bonchev–Trinajstić information content (AvgIpc) is 2.47. The molecule has 1 aromatic rings. The lowest BCUT2D eigenvalue weighted by molar-refractivity contribution is 0.0731. The molecule has 1 fully saturated rings. The maximum absolute atomic E-state index is 5.47. The molecule has 0 amide bonds. The number of aryl methyl sites for hydroxylation is 1. The van der Waals surface area contributed by atoms with E-state index in [2.05, 4.69) is 15.4 Å². The van der Waals surface area contributed by atoms with Gasteiger partial charge in [0.1, 0.15) is 5.82 Å². The van der Waals surface area contributed by atoms with Gasteiger partial charge in [-0.1, -0.05) is 0 Å². The zero-order valence-corrected chi connectivity index (χ0v) is 7.53. The number of nitrogens with zero attached hydrogens (tertiary/aromatic N) is 3. The van der Waals surface area contributed by atoms with Gasteiger partial charge in [-0.2, -0.15) is 4.98 Å². The van der Waals surface area contributed by atoms with Crippen LogP contribution in [0.3, 0.4) is 0 Å². The van der Waals surface area contributed by atoms with E-state index in [9.17, 15) is 0 Å². The molecule has 1 aliphatic heterocycles. The molecule has 13 heavy (non-hydrogen) atoms. The Morgan fingerprint density at radius 2 is 2.54 bits per heavy atom. The molecule has 0 aliphatic carbocycles. The van der Waals surface area contributed by atoms with Gasteiger partial charge in [0.15, 0.2) is 0 Å². The van der Waals surface area contributed by atoms with Crippen LogP contribution in [0.25, 0.3) is 0 Å². The number of nitrogens with two attached hydrogens (primary N) is 1. The Morgan fingerprint density at radius 1 is 1.69 bits per heavy atom. The van der Waals surface area contributed by atoms with E-state index in [1.807, 2.05) is 7.05 Å². The molecule has 2 heterocycles. The predicted molar refractivity (Wildman–Crippen MR) is 47.0 cm³/mol. The van der Waals surface area contributed by atoms with Crippen molar-refractivity contribution >= 4 is 5.95 Å². The van der Waals surface area contributed by atoms with Gasteiger partial charge >= 0.3 is 0 Å². The van der Waals surface area contributed by atoms with Crippen molar-refractivity contribution in [1.29, 1.82) is 0 Å². The Morgan fingerprint density at radius 3 is 3.08 bits per heavy atom. The summed E-state index contributed by atoms with van der Waals surface area (Å²) in [5.41, 5.74) is 5.47. The normalized spacial score (nSPS) is 23.3. The van der Waals surface area contributed by atoms with Crippen molar-refractivity contribution in [3.05, 3.63) is 5.82 Å². The first-order chi connectivity index (χ1) is 6.27. The van der Waals surface area contributed by atoms with Gasteiger partial charge in [-0.05, 0) is 0 Å². The van der Waals surface area contributed by atoms with E-state index in [0.29, 0.717) is 12.6 Å². The molecule has 72 valence electrons. The first-order valence-electron chi connectivity index (χ1n) is 4.25. The third kappa shape index (κ3) is 1.63. The van der Waals surface area contributed by atoms with Gasteiger partial charge in [-0.3, -0.25) is 0 Å². The summed E-state index contributed by atoms with van der Waals surface area (Å²) in [7, 11) is 1.83. The quantitative estimate of drug-likeness (QED) is 0.587. The van der Waals surface area contributed by atoms with Gasteiger partial charge in [0.05, 0.1) is 19.3 Å². The summed E-state index contributed by atoms with van der Waals surface area (Å²) >= 11 is 0. The second kappa shape index (κ2) is 3.31. The largest absolute Gasteiger partial charge is 0.378 e. The van der Waals surface area contributed by atoms with Crippen molar-refractivity contribution in [2.24, 2.45) is 7.05 Å². The molecule has 6 heteroatoms. The summed E-state index contributed by atoms with van der Waals surface area (Å²) in [6.45, 7) is 2.23. The fourth-order valence-electron chi connectivity index (χ4n) is 1.45. The molecule has 0 saturated carbocycles. The van der Waals surface area contributed by atoms with Crippen molar-refractivity contribution in [2.75, 3.05) is 25.5 Å². The van der Waals surface area contributed by atoms with Crippen LogP contribution >= 0.6 is 0 Å². The van der Waals surface area contributed by atoms with Crippen LogP contribution in [-0.4, -0.2) is 34.5 Å². The van der Waals surface area contributed by atoms with Crippen molar-refractivity contribution in [3.8, 4) is 0 Å². The second-order valence-electron chi connectivity index (χ2n) is 3.03. The number of nitrogens with one attached hydrogen (secondary N) is 1. The molecular weight excluding hydrogens is 170 g/mol. The van der Waals surface area contributed by atoms with Crippen LogP contribution in [0.4, 0.5) is 5.95 Å². The topological polar surface area (TPSA) is 78.0 Å². The molecule has 6 nitrogen and oxygen atoms in total. The molecule has 3 N–H and O–H groups in total. The summed E-state index contributed by atoms with van der Waals surface area (Å²) in [4.78, 5) is 4.12. The van der Waals surface area contributed by atoms with Crippen molar-refractivity contribution in [1.82, 2.24) is 20.1 Å². The summed E-state index contributed by atoms with van der Waals surface area (Å²) < 4.78 is 7.00. The highest BCUT2D eigenvalue weighted by Gasteiger charge is 2.20. The molecule has 0 bridgehead atoms. The molecular formula is C7H13N5O. The lowest BCUT2D eigenvalue weighted by Gasteiger charge is -2.22. The number of hydrogen-bond acceptors (Lipinski definition) is 5. The summed E-state index contributed by atoms with van der Waals surface area (Å²) in [5.74, 6) is 1.14. The SMILES string of the molecule is Cn1nc(N)nc1C1COCCN1. The average molecular weight is 183 g/mol. The standard InChI is InChI=1S/C7H13N5O/c1-12-6(10-7(8)11-12)5-4-13-3-2-9-5/h5,9H,2-4H2,1H3,(H2,8,11). The lowest BCUT2D eigenvalue weighted by Crippen LogP contribution is -2.36. The Bertz CT molecular complexity index is 291. The number of aromatic nitrogens is 3. The first-order valence-corrected chi connectivity index (χ1v) is 4.25. The van der Waals surface area contributed by atoms with Crippen molar-refractivity contribution in [3.63, 3.8) is 0 Å². The van der Waals surface area contributed by atoms with Crippen LogP contribution in [0.2, 0.25) is 0 Å². The monoisotopic (exact) mass is 183 g/mol. The summed E-state index contributed by atoms with van der Waals surface area (Å²) in [6.07, 6.45) is 0. The minimum Gasteiger partial charge on any atom is -0.378 e. The third-order valence-electron chi connectivity index (χ3n) is 2.05. The van der Waals surface area contributed by atoms with E-state index in [1.165, 1.54) is 0 Å². The molecule has 2 rings (SSSR count). The molecule has 1 aliphatic rings. The molecule has 0 aromatic carbocycles. The number of nitrogen functional groups attached to an aromatic ring is 1. The van der Waals surface area contributed by atoms with Crippen LogP contribution in [-0.2, 0) is 11.8 Å². The van der Waals surface area contributed by atoms with Crippen LogP contribution in [0.1, 0.15) is 11.9 Å². The Balaban J connectivity index is 2.18. The van der Waals surface area contributed by atoms with Crippen molar-refractivity contribution in [2.45, 2.75) is 6.04 Å². The second-order valence-corrected chi connectivity index (χ2v) is 3.03. The molecule has 1 atom stereocenters. The van der Waals surface area contributed by atoms with Gasteiger partial charge in [0.25, 0.3) is 0 Å². The lowest BCUT2D eigenvalue weighted by atomic mass is 10.2. The zero-order valence-electron chi connectivity index (χ0n) is 7.53. The Kier molecular flexibility index (Phi) is 2.15. The zero-order chi connectivity index (χ0) is 9.26. The number of ether oxygens (including phenoxy) is 1. The smallest absolute Gasteiger partial charge is 0.239 e. The fourth-order valence-corrected chi connectivity index (χ4v) is 1.45. The maximum Gasteiger partial charge on any atom is 0.239 e. The number of anilines is 1. The van der Waals surface area contributed by atoms with Gasteiger partial charge in [-0.15, -0.1) is 5.10 Å². The highest BCUT2D eigenvalue weighted by Crippen LogP contribution is 2.13. The van der Waals surface area contributed by atoms with E-state index in [0.717, 1.165) is 19.0 Å². The molecule has 1 aromatic heterocycles. The van der Waals surface area contributed by atoms with Crippen LogP contribution in [0, 0.1) is 0 Å². The van der Waals surface area contributed by atoms with E-state index in [4.69, 9.17) is 10.5 Å². The molecule has 0 spiro atoms. The predicted octanol–water partition coefficient (Wildman–Crippen LogP) is -0.942. The van der Waals surface area contributed by atoms with Crippen LogP contribution < -0.4 is 11.1 Å². The Labute approximate surface area is 76.1 Å². The first kappa shape index (κ1) is 8.46. The van der Waals surface area contributed by atoms with Crippen molar-refractivity contribution < 1.29 is 4.74 Å². The summed E-state index contributed by atoms with van der Waals surface area (Å²) in [5, 5.41) is 7.26. The van der Waals surface area contributed by atoms with Crippen LogP contribution in [0.15, 0.2) is 0 Å². The summed E-state index contributed by atoms with van der Waals surface area (Å²) in [6, 6.07) is 0.114. The van der Waals surface area contributed by atoms with E-state index < -0.39 is 0 Å². The van der Waals surface area contributed by atoms with E-state index in [1.54, 1.807) is 4.68 Å². The minimum atomic E-state index is 0.114. The van der Waals surface area contributed by atoms with Gasteiger partial charge < -0.3 is 15.8 Å². The van der Waals surface area contributed by atoms with E-state index in [-0.39, 0.29) is 6.04 Å². The maximum atomic E-state index is 5.47. The highest BCUT2D eigenvalue weighted by atomic mass is 16.5. The number of hydrogen-bond donors (Lipinski definition) is 2. The molecule has 0 radical (unpaired) electrons. The van der Waals surface area contributed by atoms with Crippen LogP contribution in [0.5, 0.6) is 0 Å². The fraction of sp³-hybridized carbons (Fsp3) is 0.714. The molecule has 1 unspecified atom stereocenters. The highest BCUT2D eigenvalue weighted by molar-refractivity contribution is 5.15. The van der Waals surface area contributed by atoms with Gasteiger partial charge in [0, 0.05) is 13.6 Å². The number of rotatable bonds is 1.